The third kappa shape index (κ3) is 3.80. The quantitative estimate of drug-likeness (QED) is 0.461. The van der Waals surface area contributed by atoms with E-state index in [1.165, 1.54) is 6.21 Å². The van der Waals surface area contributed by atoms with E-state index in [9.17, 15) is 5.11 Å². The number of aryl methyl sites for hydroxylation is 1. The number of rotatable bonds is 3. The Balaban J connectivity index is 1.93. The first-order valence-corrected chi connectivity index (χ1v) is 6.51. The molecular formula is C15H15N3OS. The van der Waals surface area contributed by atoms with Crippen molar-refractivity contribution in [2.45, 2.75) is 6.92 Å². The van der Waals surface area contributed by atoms with Crippen molar-refractivity contribution in [1.29, 1.82) is 0 Å². The van der Waals surface area contributed by atoms with Crippen LogP contribution in [-0.2, 0) is 0 Å². The Hall–Kier alpha value is -2.40. The Morgan fingerprint density at radius 2 is 1.85 bits per heavy atom. The lowest BCUT2D eigenvalue weighted by molar-refractivity contribution is 0.474. The van der Waals surface area contributed by atoms with Gasteiger partial charge < -0.3 is 10.4 Å². The van der Waals surface area contributed by atoms with Crippen molar-refractivity contribution in [2.24, 2.45) is 5.10 Å². The van der Waals surface area contributed by atoms with Gasteiger partial charge in [-0.05, 0) is 42.9 Å². The largest absolute Gasteiger partial charge is 0.507 e. The minimum atomic E-state index is 0.177. The van der Waals surface area contributed by atoms with Crippen LogP contribution in [0.3, 0.4) is 0 Å². The molecule has 20 heavy (non-hydrogen) atoms. The Morgan fingerprint density at radius 3 is 2.60 bits per heavy atom. The van der Waals surface area contributed by atoms with Crippen molar-refractivity contribution >= 4 is 29.2 Å². The van der Waals surface area contributed by atoms with Gasteiger partial charge in [-0.1, -0.05) is 30.3 Å². The summed E-state index contributed by atoms with van der Waals surface area (Å²) in [6, 6.07) is 14.8. The topological polar surface area (TPSA) is 56.7 Å². The fraction of sp³-hybridized carbons (Fsp3) is 0.0667. The second-order valence-corrected chi connectivity index (χ2v) is 4.61. The van der Waals surface area contributed by atoms with Gasteiger partial charge in [0, 0.05) is 11.3 Å². The summed E-state index contributed by atoms with van der Waals surface area (Å²) < 4.78 is 0. The molecule has 0 aromatic heterocycles. The molecule has 0 aliphatic carbocycles. The second-order valence-electron chi connectivity index (χ2n) is 4.20. The Morgan fingerprint density at radius 1 is 1.15 bits per heavy atom. The molecule has 0 bridgehead atoms. The lowest BCUT2D eigenvalue weighted by Crippen LogP contribution is -2.24. The fourth-order valence-corrected chi connectivity index (χ4v) is 1.78. The summed E-state index contributed by atoms with van der Waals surface area (Å²) in [5.41, 5.74) is 5.37. The molecule has 2 aromatic carbocycles. The predicted molar refractivity (Wildman–Crippen MR) is 86.2 cm³/mol. The van der Waals surface area contributed by atoms with E-state index in [4.69, 9.17) is 12.2 Å². The highest BCUT2D eigenvalue weighted by atomic mass is 32.1. The van der Waals surface area contributed by atoms with Crippen molar-refractivity contribution in [2.75, 3.05) is 5.32 Å². The van der Waals surface area contributed by atoms with Crippen molar-refractivity contribution in [3.8, 4) is 5.75 Å². The number of phenols is 1. The van der Waals surface area contributed by atoms with Crippen molar-refractivity contribution in [1.82, 2.24) is 5.43 Å². The third-order valence-electron chi connectivity index (χ3n) is 2.70. The van der Waals surface area contributed by atoms with Gasteiger partial charge in [-0.25, -0.2) is 0 Å². The molecular weight excluding hydrogens is 270 g/mol. The van der Waals surface area contributed by atoms with E-state index in [2.05, 4.69) is 15.8 Å². The molecule has 0 amide bonds. The highest BCUT2D eigenvalue weighted by molar-refractivity contribution is 7.80. The van der Waals surface area contributed by atoms with Gasteiger partial charge in [-0.2, -0.15) is 5.10 Å². The lowest BCUT2D eigenvalue weighted by Gasteiger charge is -2.09. The minimum absolute atomic E-state index is 0.177. The summed E-state index contributed by atoms with van der Waals surface area (Å²) in [4.78, 5) is 0. The summed E-state index contributed by atoms with van der Waals surface area (Å²) in [5.74, 6) is 0.177. The van der Waals surface area contributed by atoms with Gasteiger partial charge in [0.2, 0.25) is 0 Å². The van der Waals surface area contributed by atoms with Crippen LogP contribution in [0.2, 0.25) is 0 Å². The standard InChI is InChI=1S/C15H15N3OS/c1-11-6-2-4-8-13(11)17-15(20)18-16-10-12-7-3-5-9-14(12)19/h2-10,19H,1H3,(H2,17,18,20)/b16-10+. The molecule has 0 saturated heterocycles. The first kappa shape index (κ1) is 14.0. The molecule has 0 aliphatic heterocycles. The highest BCUT2D eigenvalue weighted by Crippen LogP contribution is 2.13. The number of thiocarbonyl (C=S) groups is 1. The molecule has 3 N–H and O–H groups in total. The molecule has 0 unspecified atom stereocenters. The van der Waals surface area contributed by atoms with Crippen LogP contribution in [0.25, 0.3) is 0 Å². The summed E-state index contributed by atoms with van der Waals surface area (Å²) in [6.07, 6.45) is 1.52. The Labute approximate surface area is 123 Å². The van der Waals surface area contributed by atoms with E-state index >= 15 is 0 Å². The van der Waals surface area contributed by atoms with Gasteiger partial charge >= 0.3 is 0 Å². The summed E-state index contributed by atoms with van der Waals surface area (Å²) in [5, 5.41) is 17.0. The maximum Gasteiger partial charge on any atom is 0.191 e. The molecule has 0 fully saturated rings. The zero-order chi connectivity index (χ0) is 14.4. The van der Waals surface area contributed by atoms with Crippen LogP contribution in [0, 0.1) is 6.92 Å². The molecule has 0 saturated carbocycles. The summed E-state index contributed by atoms with van der Waals surface area (Å²) in [7, 11) is 0. The molecule has 2 aromatic rings. The number of phenolic OH excluding ortho intramolecular Hbond substituents is 1. The van der Waals surface area contributed by atoms with E-state index < -0.39 is 0 Å². The van der Waals surface area contributed by atoms with Crippen LogP contribution in [0.5, 0.6) is 5.75 Å². The number of para-hydroxylation sites is 2. The SMILES string of the molecule is Cc1ccccc1NC(=S)N/N=C/c1ccccc1O. The summed E-state index contributed by atoms with van der Waals surface area (Å²) in [6.45, 7) is 2.00. The monoisotopic (exact) mass is 285 g/mol. The molecule has 4 nitrogen and oxygen atoms in total. The van der Waals surface area contributed by atoms with E-state index in [-0.39, 0.29) is 5.75 Å². The van der Waals surface area contributed by atoms with E-state index in [1.807, 2.05) is 37.3 Å². The second kappa shape index (κ2) is 6.68. The van der Waals surface area contributed by atoms with Gasteiger partial charge in [-0.15, -0.1) is 0 Å². The maximum atomic E-state index is 9.58. The average Bonchev–Trinajstić information content (AvgIpc) is 2.43. The van der Waals surface area contributed by atoms with E-state index in [1.54, 1.807) is 18.2 Å². The van der Waals surface area contributed by atoms with Gasteiger partial charge in [0.1, 0.15) is 5.75 Å². The molecule has 0 heterocycles. The molecule has 2 rings (SSSR count). The number of hydrogen-bond acceptors (Lipinski definition) is 3. The predicted octanol–water partition coefficient (Wildman–Crippen LogP) is 3.02. The molecule has 0 atom stereocenters. The third-order valence-corrected chi connectivity index (χ3v) is 2.89. The number of nitrogens with one attached hydrogen (secondary N) is 2. The normalized spacial score (nSPS) is 10.4. The van der Waals surface area contributed by atoms with Crippen LogP contribution in [0.15, 0.2) is 53.6 Å². The van der Waals surface area contributed by atoms with Crippen molar-refractivity contribution < 1.29 is 5.11 Å². The fourth-order valence-electron chi connectivity index (χ4n) is 1.62. The first-order valence-electron chi connectivity index (χ1n) is 6.10. The lowest BCUT2D eigenvalue weighted by atomic mass is 10.2. The number of aromatic hydroxyl groups is 1. The number of hydrogen-bond donors (Lipinski definition) is 3. The maximum absolute atomic E-state index is 9.58. The van der Waals surface area contributed by atoms with Gasteiger partial charge in [-0.3, -0.25) is 5.43 Å². The van der Waals surface area contributed by atoms with Gasteiger partial charge in [0.15, 0.2) is 5.11 Å². The van der Waals surface area contributed by atoms with Crippen LogP contribution in [0.1, 0.15) is 11.1 Å². The van der Waals surface area contributed by atoms with E-state index in [0.29, 0.717) is 10.7 Å². The summed E-state index contributed by atoms with van der Waals surface area (Å²) >= 11 is 5.15. The van der Waals surface area contributed by atoms with Crippen LogP contribution in [-0.4, -0.2) is 16.4 Å². The smallest absolute Gasteiger partial charge is 0.191 e. The molecule has 0 spiro atoms. The number of anilines is 1. The Kier molecular flexibility index (Phi) is 4.68. The minimum Gasteiger partial charge on any atom is -0.507 e. The van der Waals surface area contributed by atoms with Crippen LogP contribution >= 0.6 is 12.2 Å². The van der Waals surface area contributed by atoms with E-state index in [0.717, 1.165) is 11.3 Å². The molecule has 5 heteroatoms. The average molecular weight is 285 g/mol. The van der Waals surface area contributed by atoms with Crippen molar-refractivity contribution in [3.63, 3.8) is 0 Å². The number of nitrogens with zero attached hydrogens (tertiary/aromatic N) is 1. The zero-order valence-electron chi connectivity index (χ0n) is 11.0. The van der Waals surface area contributed by atoms with Crippen molar-refractivity contribution in [3.05, 3.63) is 59.7 Å². The molecule has 0 radical (unpaired) electrons. The Bertz CT molecular complexity index is 641. The zero-order valence-corrected chi connectivity index (χ0v) is 11.8. The number of hydrazone groups is 1. The van der Waals surface area contributed by atoms with Crippen LogP contribution in [0.4, 0.5) is 5.69 Å². The number of benzene rings is 2. The van der Waals surface area contributed by atoms with Crippen LogP contribution < -0.4 is 10.7 Å². The van der Waals surface area contributed by atoms with Gasteiger partial charge in [0.05, 0.1) is 6.21 Å². The first-order chi connectivity index (χ1) is 9.66. The highest BCUT2D eigenvalue weighted by Gasteiger charge is 1.99. The van der Waals surface area contributed by atoms with Gasteiger partial charge in [0.25, 0.3) is 0 Å². The molecule has 102 valence electrons. The molecule has 0 aliphatic rings.